The van der Waals surface area contributed by atoms with Gasteiger partial charge >= 0.3 is 0 Å². The van der Waals surface area contributed by atoms with E-state index in [0.29, 0.717) is 5.56 Å². The molecule has 0 aliphatic carbocycles. The first-order valence-corrected chi connectivity index (χ1v) is 7.71. The fraction of sp³-hybridized carbons (Fsp3) is 0.200. The van der Waals surface area contributed by atoms with Gasteiger partial charge in [0.25, 0.3) is 5.91 Å². The summed E-state index contributed by atoms with van der Waals surface area (Å²) >= 11 is 0. The van der Waals surface area contributed by atoms with Crippen molar-refractivity contribution < 1.29 is 4.79 Å². The van der Waals surface area contributed by atoms with Gasteiger partial charge < -0.3 is 5.32 Å². The minimum Gasteiger partial charge on any atom is -0.322 e. The van der Waals surface area contributed by atoms with Crippen LogP contribution >= 0.6 is 0 Å². The Labute approximate surface area is 136 Å². The van der Waals surface area contributed by atoms with E-state index < -0.39 is 0 Å². The summed E-state index contributed by atoms with van der Waals surface area (Å²) in [5.74, 6) is -0.111. The number of aromatic nitrogens is 1. The van der Waals surface area contributed by atoms with Crippen LogP contribution in [0.25, 0.3) is 10.9 Å². The molecule has 0 saturated heterocycles. The van der Waals surface area contributed by atoms with Crippen LogP contribution in [0.3, 0.4) is 0 Å². The lowest BCUT2D eigenvalue weighted by molar-refractivity contribution is 0.102. The number of hydrogen-bond acceptors (Lipinski definition) is 2. The molecule has 0 fully saturated rings. The van der Waals surface area contributed by atoms with Crippen molar-refractivity contribution in [3.8, 4) is 0 Å². The van der Waals surface area contributed by atoms with Crippen LogP contribution in [0.2, 0.25) is 0 Å². The smallest absolute Gasteiger partial charge is 0.256 e. The zero-order valence-corrected chi connectivity index (χ0v) is 13.6. The van der Waals surface area contributed by atoms with Crippen molar-refractivity contribution in [3.63, 3.8) is 0 Å². The molecule has 0 atom stereocenters. The van der Waals surface area contributed by atoms with E-state index in [1.54, 1.807) is 12.3 Å². The van der Waals surface area contributed by atoms with Crippen molar-refractivity contribution in [2.24, 2.45) is 0 Å². The van der Waals surface area contributed by atoms with Crippen molar-refractivity contribution in [3.05, 3.63) is 71.9 Å². The highest BCUT2D eigenvalue weighted by molar-refractivity contribution is 6.12. The van der Waals surface area contributed by atoms with Crippen molar-refractivity contribution in [1.82, 2.24) is 4.98 Å². The minimum absolute atomic E-state index is 0.0375. The van der Waals surface area contributed by atoms with Crippen LogP contribution in [0.1, 0.15) is 36.7 Å². The summed E-state index contributed by atoms with van der Waals surface area (Å²) in [5.41, 5.74) is 3.39. The van der Waals surface area contributed by atoms with Crippen molar-refractivity contribution in [1.29, 1.82) is 0 Å². The molecule has 3 rings (SSSR count). The lowest BCUT2D eigenvalue weighted by atomic mass is 9.86. The van der Waals surface area contributed by atoms with E-state index in [2.05, 4.69) is 37.1 Å². The van der Waals surface area contributed by atoms with Crippen LogP contribution in [0.5, 0.6) is 0 Å². The fourth-order valence-electron chi connectivity index (χ4n) is 2.73. The Balaban J connectivity index is 2.00. The van der Waals surface area contributed by atoms with Crippen molar-refractivity contribution >= 4 is 22.5 Å². The third-order valence-corrected chi connectivity index (χ3v) is 3.88. The van der Waals surface area contributed by atoms with Crippen molar-refractivity contribution in [2.75, 3.05) is 5.32 Å². The molecule has 116 valence electrons. The highest BCUT2D eigenvalue weighted by Gasteiger charge is 2.19. The van der Waals surface area contributed by atoms with E-state index in [9.17, 15) is 4.79 Å². The number of para-hydroxylation sites is 2. The predicted octanol–water partition coefficient (Wildman–Crippen LogP) is 4.78. The Hall–Kier alpha value is -2.68. The molecule has 0 aliphatic rings. The molecule has 3 nitrogen and oxygen atoms in total. The number of anilines is 1. The van der Waals surface area contributed by atoms with Gasteiger partial charge in [-0.3, -0.25) is 9.78 Å². The van der Waals surface area contributed by atoms with E-state index in [-0.39, 0.29) is 11.3 Å². The number of nitrogens with one attached hydrogen (secondary N) is 1. The van der Waals surface area contributed by atoms with Crippen LogP contribution in [0.15, 0.2) is 60.8 Å². The monoisotopic (exact) mass is 304 g/mol. The molecule has 0 radical (unpaired) electrons. The lowest BCUT2D eigenvalue weighted by Crippen LogP contribution is -2.19. The molecule has 0 aliphatic heterocycles. The highest BCUT2D eigenvalue weighted by Crippen LogP contribution is 2.29. The second kappa shape index (κ2) is 5.84. The Bertz CT molecular complexity index is 857. The predicted molar refractivity (Wildman–Crippen MR) is 94.8 cm³/mol. The summed E-state index contributed by atoms with van der Waals surface area (Å²) in [7, 11) is 0. The number of hydrogen-bond donors (Lipinski definition) is 1. The second-order valence-electron chi connectivity index (χ2n) is 6.63. The topological polar surface area (TPSA) is 42.0 Å². The Morgan fingerprint density at radius 3 is 2.43 bits per heavy atom. The first-order chi connectivity index (χ1) is 11.0. The van der Waals surface area contributed by atoms with Crippen LogP contribution in [-0.4, -0.2) is 10.9 Å². The maximum atomic E-state index is 12.8. The molecule has 0 spiro atoms. The number of pyridine rings is 1. The molecule has 0 saturated carbocycles. The van der Waals surface area contributed by atoms with Gasteiger partial charge in [-0.05, 0) is 29.2 Å². The lowest BCUT2D eigenvalue weighted by Gasteiger charge is -2.23. The summed E-state index contributed by atoms with van der Waals surface area (Å²) in [5, 5.41) is 3.92. The standard InChI is InChI=1S/C20H20N2O/c1-20(2,3)16-9-5-7-11-18(16)22-19(23)15-12-13-21-17-10-6-4-8-14(15)17/h4-13H,1-3H3,(H,22,23). The molecule has 1 amide bonds. The molecule has 23 heavy (non-hydrogen) atoms. The SMILES string of the molecule is CC(C)(C)c1ccccc1NC(=O)c1ccnc2ccccc12. The molecule has 1 N–H and O–H groups in total. The van der Waals surface area contributed by atoms with Crippen LogP contribution in [-0.2, 0) is 5.41 Å². The van der Waals surface area contributed by atoms with E-state index in [1.807, 2.05) is 42.5 Å². The molecule has 0 unspecified atom stereocenters. The van der Waals surface area contributed by atoms with Gasteiger partial charge in [-0.2, -0.15) is 0 Å². The zero-order valence-electron chi connectivity index (χ0n) is 13.6. The number of carbonyl (C=O) groups is 1. The molecule has 0 bridgehead atoms. The molecule has 1 aromatic heterocycles. The summed E-state index contributed by atoms with van der Waals surface area (Å²) < 4.78 is 0. The summed E-state index contributed by atoms with van der Waals surface area (Å²) in [6, 6.07) is 17.4. The third-order valence-electron chi connectivity index (χ3n) is 3.88. The van der Waals surface area contributed by atoms with Gasteiger partial charge in [0.1, 0.15) is 0 Å². The number of fused-ring (bicyclic) bond motifs is 1. The van der Waals surface area contributed by atoms with Gasteiger partial charge in [-0.1, -0.05) is 57.2 Å². The molecule has 2 aromatic carbocycles. The van der Waals surface area contributed by atoms with Gasteiger partial charge in [0.15, 0.2) is 0 Å². The largest absolute Gasteiger partial charge is 0.322 e. The fourth-order valence-corrected chi connectivity index (χ4v) is 2.73. The summed E-state index contributed by atoms with van der Waals surface area (Å²) in [6.45, 7) is 6.42. The first-order valence-electron chi connectivity index (χ1n) is 7.71. The molecule has 3 heteroatoms. The summed E-state index contributed by atoms with van der Waals surface area (Å²) in [4.78, 5) is 17.1. The zero-order chi connectivity index (χ0) is 16.4. The summed E-state index contributed by atoms with van der Waals surface area (Å²) in [6.07, 6.45) is 1.67. The van der Waals surface area contributed by atoms with Crippen LogP contribution in [0, 0.1) is 0 Å². The minimum atomic E-state index is -0.111. The van der Waals surface area contributed by atoms with E-state index in [4.69, 9.17) is 0 Å². The maximum absolute atomic E-state index is 12.8. The molecular weight excluding hydrogens is 284 g/mol. The van der Waals surface area contributed by atoms with E-state index in [0.717, 1.165) is 22.2 Å². The Morgan fingerprint density at radius 2 is 1.65 bits per heavy atom. The third kappa shape index (κ3) is 3.09. The van der Waals surface area contributed by atoms with Gasteiger partial charge in [0, 0.05) is 17.3 Å². The van der Waals surface area contributed by atoms with Crippen LogP contribution < -0.4 is 5.32 Å². The number of carbonyl (C=O) groups excluding carboxylic acids is 1. The molecular formula is C20H20N2O. The maximum Gasteiger partial charge on any atom is 0.256 e. The van der Waals surface area contributed by atoms with E-state index in [1.165, 1.54) is 0 Å². The molecule has 3 aromatic rings. The number of nitrogens with zero attached hydrogens (tertiary/aromatic N) is 1. The van der Waals surface area contributed by atoms with Gasteiger partial charge in [-0.25, -0.2) is 0 Å². The van der Waals surface area contributed by atoms with Gasteiger partial charge in [0.05, 0.1) is 11.1 Å². The first kappa shape index (κ1) is 15.2. The quantitative estimate of drug-likeness (QED) is 0.740. The van der Waals surface area contributed by atoms with E-state index >= 15 is 0 Å². The highest BCUT2D eigenvalue weighted by atomic mass is 16.1. The second-order valence-corrected chi connectivity index (χ2v) is 6.63. The van der Waals surface area contributed by atoms with Crippen LogP contribution in [0.4, 0.5) is 5.69 Å². The Morgan fingerprint density at radius 1 is 0.957 bits per heavy atom. The van der Waals surface area contributed by atoms with Gasteiger partial charge in [-0.15, -0.1) is 0 Å². The number of rotatable bonds is 2. The number of amides is 1. The average Bonchev–Trinajstić information content (AvgIpc) is 2.54. The Kier molecular flexibility index (Phi) is 3.87. The van der Waals surface area contributed by atoms with Crippen molar-refractivity contribution in [2.45, 2.75) is 26.2 Å². The number of benzene rings is 2. The normalized spacial score (nSPS) is 11.4. The molecule has 1 heterocycles. The van der Waals surface area contributed by atoms with Gasteiger partial charge in [0.2, 0.25) is 0 Å². The average molecular weight is 304 g/mol.